The van der Waals surface area contributed by atoms with Gasteiger partial charge in [0.1, 0.15) is 0 Å². The Morgan fingerprint density at radius 3 is 1.83 bits per heavy atom. The summed E-state index contributed by atoms with van der Waals surface area (Å²) in [6.07, 6.45) is 9.94. The van der Waals surface area contributed by atoms with Crippen LogP contribution in [0.5, 0.6) is 0 Å². The minimum atomic E-state index is -0.644. The second-order valence-corrected chi connectivity index (χ2v) is 8.18. The smallest absolute Gasteiger partial charge is 0.162 e. The van der Waals surface area contributed by atoms with Crippen LogP contribution < -0.4 is 0 Å². The van der Waals surface area contributed by atoms with Crippen LogP contribution in [0.15, 0.2) is 6.07 Å². The Hall–Kier alpha value is -0.920. The minimum absolute atomic E-state index is 0.212. The standard InChI is InChI=1S/C21H30F2/c1-13-4-6-16(7-5-13)17-8-10-18(11-9-17)19-14(2)12-15(3)20(22)21(19)23/h12-13,16-18H,4-11H2,1-3H3. The highest BCUT2D eigenvalue weighted by atomic mass is 19.2. The van der Waals surface area contributed by atoms with Crippen molar-refractivity contribution in [2.75, 3.05) is 0 Å². The second-order valence-electron chi connectivity index (χ2n) is 8.18. The molecule has 0 heterocycles. The predicted octanol–water partition coefficient (Wildman–Crippen LogP) is 6.68. The molecule has 0 amide bonds. The fourth-order valence-electron chi connectivity index (χ4n) is 5.07. The van der Waals surface area contributed by atoms with Gasteiger partial charge >= 0.3 is 0 Å². The number of benzene rings is 1. The normalized spacial score (nSPS) is 32.0. The molecule has 0 bridgehead atoms. The molecule has 2 heteroatoms. The van der Waals surface area contributed by atoms with Crippen molar-refractivity contribution in [3.63, 3.8) is 0 Å². The molecule has 1 aromatic carbocycles. The molecule has 1 aromatic rings. The third kappa shape index (κ3) is 3.46. The van der Waals surface area contributed by atoms with E-state index in [0.717, 1.165) is 36.2 Å². The maximum absolute atomic E-state index is 14.4. The van der Waals surface area contributed by atoms with E-state index in [2.05, 4.69) is 6.92 Å². The van der Waals surface area contributed by atoms with Gasteiger partial charge in [-0.3, -0.25) is 0 Å². The Labute approximate surface area is 139 Å². The van der Waals surface area contributed by atoms with Crippen LogP contribution in [0.25, 0.3) is 0 Å². The highest BCUT2D eigenvalue weighted by molar-refractivity contribution is 5.36. The summed E-state index contributed by atoms with van der Waals surface area (Å²) in [7, 11) is 0. The average molecular weight is 320 g/mol. The Morgan fingerprint density at radius 2 is 1.26 bits per heavy atom. The monoisotopic (exact) mass is 320 g/mol. The largest absolute Gasteiger partial charge is 0.203 e. The summed E-state index contributed by atoms with van der Waals surface area (Å²) in [5.74, 6) is 1.58. The third-order valence-electron chi connectivity index (χ3n) is 6.54. The van der Waals surface area contributed by atoms with Crippen LogP contribution >= 0.6 is 0 Å². The number of halogens is 2. The van der Waals surface area contributed by atoms with Gasteiger partial charge in [0.05, 0.1) is 0 Å². The summed E-state index contributed by atoms with van der Waals surface area (Å²) >= 11 is 0. The van der Waals surface area contributed by atoms with Crippen LogP contribution in [0.1, 0.15) is 80.9 Å². The van der Waals surface area contributed by atoms with Gasteiger partial charge in [0.2, 0.25) is 0 Å². The Kier molecular flexibility index (Phi) is 5.08. The van der Waals surface area contributed by atoms with Crippen LogP contribution in [0.2, 0.25) is 0 Å². The van der Waals surface area contributed by atoms with Gasteiger partial charge in [0.25, 0.3) is 0 Å². The molecule has 0 unspecified atom stereocenters. The fourth-order valence-corrected chi connectivity index (χ4v) is 5.07. The van der Waals surface area contributed by atoms with Crippen LogP contribution in [0.3, 0.4) is 0 Å². The van der Waals surface area contributed by atoms with Crippen LogP contribution in [-0.4, -0.2) is 0 Å². The summed E-state index contributed by atoms with van der Waals surface area (Å²) in [6.45, 7) is 5.94. The van der Waals surface area contributed by atoms with Crippen molar-refractivity contribution in [3.05, 3.63) is 34.4 Å². The third-order valence-corrected chi connectivity index (χ3v) is 6.54. The SMILES string of the molecule is Cc1cc(C)c(C2CCC(C3CCC(C)CC3)CC2)c(F)c1F. The van der Waals surface area contributed by atoms with Crippen molar-refractivity contribution >= 4 is 0 Å². The number of rotatable bonds is 2. The molecular weight excluding hydrogens is 290 g/mol. The Morgan fingerprint density at radius 1 is 0.739 bits per heavy atom. The molecule has 0 N–H and O–H groups in total. The minimum Gasteiger partial charge on any atom is -0.203 e. The van der Waals surface area contributed by atoms with Crippen molar-refractivity contribution in [2.45, 2.75) is 78.1 Å². The van der Waals surface area contributed by atoms with Crippen molar-refractivity contribution in [3.8, 4) is 0 Å². The van der Waals surface area contributed by atoms with Crippen LogP contribution in [-0.2, 0) is 0 Å². The van der Waals surface area contributed by atoms with Gasteiger partial charge in [0.15, 0.2) is 11.6 Å². The first-order valence-electron chi connectivity index (χ1n) is 9.42. The van der Waals surface area contributed by atoms with E-state index in [1.165, 1.54) is 38.5 Å². The molecule has 0 aliphatic heterocycles. The molecule has 0 nitrogen and oxygen atoms in total. The lowest BCUT2D eigenvalue weighted by molar-refractivity contribution is 0.164. The first-order chi connectivity index (χ1) is 11.0. The molecule has 23 heavy (non-hydrogen) atoms. The van der Waals surface area contributed by atoms with E-state index in [9.17, 15) is 8.78 Å². The Bertz CT molecular complexity index is 547. The number of aryl methyl sites for hydroxylation is 2. The number of hydrogen-bond acceptors (Lipinski definition) is 0. The van der Waals surface area contributed by atoms with E-state index in [-0.39, 0.29) is 5.92 Å². The lowest BCUT2D eigenvalue weighted by Gasteiger charge is -2.37. The van der Waals surface area contributed by atoms with Gasteiger partial charge in [-0.1, -0.05) is 25.8 Å². The molecule has 0 saturated heterocycles. The van der Waals surface area contributed by atoms with E-state index in [4.69, 9.17) is 0 Å². The Balaban J connectivity index is 1.67. The topological polar surface area (TPSA) is 0 Å². The lowest BCUT2D eigenvalue weighted by atomic mass is 9.68. The van der Waals surface area contributed by atoms with Gasteiger partial charge in [0, 0.05) is 0 Å². The molecule has 2 fully saturated rings. The van der Waals surface area contributed by atoms with Crippen LogP contribution in [0.4, 0.5) is 8.78 Å². The van der Waals surface area contributed by atoms with E-state index >= 15 is 0 Å². The summed E-state index contributed by atoms with van der Waals surface area (Å²) in [5, 5.41) is 0. The molecule has 2 aliphatic carbocycles. The molecule has 128 valence electrons. The fraction of sp³-hybridized carbons (Fsp3) is 0.714. The summed E-state index contributed by atoms with van der Waals surface area (Å²) in [5.41, 5.74) is 2.01. The molecular formula is C21H30F2. The van der Waals surface area contributed by atoms with E-state index in [1.807, 2.05) is 13.0 Å². The van der Waals surface area contributed by atoms with E-state index in [0.29, 0.717) is 11.1 Å². The van der Waals surface area contributed by atoms with Gasteiger partial charge in [-0.15, -0.1) is 0 Å². The highest BCUT2D eigenvalue weighted by Gasteiger charge is 2.32. The van der Waals surface area contributed by atoms with E-state index in [1.54, 1.807) is 6.92 Å². The summed E-state index contributed by atoms with van der Waals surface area (Å²) in [4.78, 5) is 0. The van der Waals surface area contributed by atoms with Crippen molar-refractivity contribution < 1.29 is 8.78 Å². The first kappa shape index (κ1) is 16.9. The lowest BCUT2D eigenvalue weighted by Crippen LogP contribution is -2.25. The first-order valence-corrected chi connectivity index (χ1v) is 9.42. The summed E-state index contributed by atoms with van der Waals surface area (Å²) < 4.78 is 28.4. The van der Waals surface area contributed by atoms with Crippen molar-refractivity contribution in [1.82, 2.24) is 0 Å². The summed E-state index contributed by atoms with van der Waals surface area (Å²) in [6, 6.07) is 1.81. The van der Waals surface area contributed by atoms with E-state index < -0.39 is 11.6 Å². The quantitative estimate of drug-likeness (QED) is 0.570. The van der Waals surface area contributed by atoms with Crippen molar-refractivity contribution in [2.24, 2.45) is 17.8 Å². The molecule has 0 spiro atoms. The molecule has 0 atom stereocenters. The van der Waals surface area contributed by atoms with Gasteiger partial charge in [-0.25, -0.2) is 8.78 Å². The van der Waals surface area contributed by atoms with Gasteiger partial charge < -0.3 is 0 Å². The number of hydrogen-bond donors (Lipinski definition) is 0. The second kappa shape index (κ2) is 6.91. The molecule has 2 aliphatic rings. The molecule has 0 radical (unpaired) electrons. The maximum atomic E-state index is 14.4. The predicted molar refractivity (Wildman–Crippen MR) is 91.7 cm³/mol. The zero-order valence-corrected chi connectivity index (χ0v) is 14.8. The maximum Gasteiger partial charge on any atom is 0.162 e. The van der Waals surface area contributed by atoms with Crippen LogP contribution in [0, 0.1) is 43.2 Å². The van der Waals surface area contributed by atoms with Gasteiger partial charge in [-0.05, 0) is 92.7 Å². The van der Waals surface area contributed by atoms with Crippen molar-refractivity contribution in [1.29, 1.82) is 0 Å². The molecule has 0 aromatic heterocycles. The molecule has 3 rings (SSSR count). The average Bonchev–Trinajstić information content (AvgIpc) is 2.54. The van der Waals surface area contributed by atoms with Gasteiger partial charge in [-0.2, -0.15) is 0 Å². The zero-order valence-electron chi connectivity index (χ0n) is 14.8. The molecule has 2 saturated carbocycles. The highest BCUT2D eigenvalue weighted by Crippen LogP contribution is 2.45. The zero-order chi connectivity index (χ0) is 16.6.